The Labute approximate surface area is 123 Å². The Morgan fingerprint density at radius 2 is 1.95 bits per heavy atom. The van der Waals surface area contributed by atoms with Crippen molar-refractivity contribution < 1.29 is 0 Å². The summed E-state index contributed by atoms with van der Waals surface area (Å²) in [6, 6.07) is 8.89. The predicted octanol–water partition coefficient (Wildman–Crippen LogP) is 1.97. The standard InChI is InChI=1S/C17H27N3/c1-14-4-3-5-17(10-14)20-8-6-19(7-9-20)13-16-12-18-11-15(16)2/h3-5,10,15-16,18H,6-9,11-13H2,1-2H3/t15-,16+/m1/s1. The summed E-state index contributed by atoms with van der Waals surface area (Å²) in [5.74, 6) is 1.69. The Kier molecular flexibility index (Phi) is 4.27. The fraction of sp³-hybridized carbons (Fsp3) is 0.647. The first-order valence-corrected chi connectivity index (χ1v) is 7.97. The van der Waals surface area contributed by atoms with Crippen molar-refractivity contribution in [2.24, 2.45) is 11.8 Å². The molecule has 1 aromatic rings. The molecular formula is C17H27N3. The van der Waals surface area contributed by atoms with Crippen LogP contribution in [0.3, 0.4) is 0 Å². The van der Waals surface area contributed by atoms with Crippen molar-refractivity contribution in [2.45, 2.75) is 13.8 Å². The largest absolute Gasteiger partial charge is 0.369 e. The SMILES string of the molecule is Cc1cccc(N2CCN(C[C@@H]3CNC[C@H]3C)CC2)c1. The van der Waals surface area contributed by atoms with Gasteiger partial charge in [0, 0.05) is 38.4 Å². The van der Waals surface area contributed by atoms with E-state index >= 15 is 0 Å². The van der Waals surface area contributed by atoms with Gasteiger partial charge >= 0.3 is 0 Å². The number of hydrogen-bond acceptors (Lipinski definition) is 3. The second kappa shape index (κ2) is 6.15. The van der Waals surface area contributed by atoms with Crippen LogP contribution >= 0.6 is 0 Å². The molecule has 110 valence electrons. The minimum absolute atomic E-state index is 0.838. The van der Waals surface area contributed by atoms with E-state index in [-0.39, 0.29) is 0 Å². The zero-order valence-corrected chi connectivity index (χ0v) is 12.8. The van der Waals surface area contributed by atoms with Gasteiger partial charge in [-0.1, -0.05) is 19.1 Å². The predicted molar refractivity (Wildman–Crippen MR) is 85.4 cm³/mol. The maximum Gasteiger partial charge on any atom is 0.0369 e. The molecule has 0 saturated carbocycles. The molecule has 0 radical (unpaired) electrons. The summed E-state index contributed by atoms with van der Waals surface area (Å²) in [6.07, 6.45) is 0. The van der Waals surface area contributed by atoms with E-state index in [1.807, 2.05) is 0 Å². The number of piperazine rings is 1. The van der Waals surface area contributed by atoms with Gasteiger partial charge in [-0.2, -0.15) is 0 Å². The third-order valence-corrected chi connectivity index (χ3v) is 4.91. The maximum atomic E-state index is 3.52. The molecule has 3 nitrogen and oxygen atoms in total. The Hall–Kier alpha value is -1.06. The molecule has 1 aromatic carbocycles. The summed E-state index contributed by atoms with van der Waals surface area (Å²) in [5.41, 5.74) is 2.75. The zero-order chi connectivity index (χ0) is 13.9. The van der Waals surface area contributed by atoms with Gasteiger partial charge in [0.05, 0.1) is 0 Å². The van der Waals surface area contributed by atoms with E-state index in [1.54, 1.807) is 0 Å². The molecule has 2 heterocycles. The monoisotopic (exact) mass is 273 g/mol. The van der Waals surface area contributed by atoms with Crippen LogP contribution in [0, 0.1) is 18.8 Å². The van der Waals surface area contributed by atoms with Gasteiger partial charge in [0.2, 0.25) is 0 Å². The number of anilines is 1. The summed E-state index contributed by atoms with van der Waals surface area (Å²) < 4.78 is 0. The number of nitrogens with one attached hydrogen (secondary N) is 1. The van der Waals surface area contributed by atoms with Crippen LogP contribution in [0.15, 0.2) is 24.3 Å². The van der Waals surface area contributed by atoms with Crippen molar-refractivity contribution in [3.63, 3.8) is 0 Å². The Morgan fingerprint density at radius 3 is 2.60 bits per heavy atom. The Balaban J connectivity index is 1.52. The van der Waals surface area contributed by atoms with Gasteiger partial charge in [-0.25, -0.2) is 0 Å². The highest BCUT2D eigenvalue weighted by molar-refractivity contribution is 5.48. The van der Waals surface area contributed by atoms with Crippen LogP contribution in [0.5, 0.6) is 0 Å². The lowest BCUT2D eigenvalue weighted by atomic mass is 9.97. The molecule has 2 fully saturated rings. The molecule has 2 saturated heterocycles. The topological polar surface area (TPSA) is 18.5 Å². The summed E-state index contributed by atoms with van der Waals surface area (Å²) in [6.45, 7) is 13.0. The fourth-order valence-corrected chi connectivity index (χ4v) is 3.45. The van der Waals surface area contributed by atoms with E-state index in [0.717, 1.165) is 24.9 Å². The molecule has 0 spiro atoms. The first-order valence-electron chi connectivity index (χ1n) is 7.97. The average molecular weight is 273 g/mol. The van der Waals surface area contributed by atoms with Crippen molar-refractivity contribution in [1.29, 1.82) is 0 Å². The molecule has 2 aliphatic rings. The van der Waals surface area contributed by atoms with Gasteiger partial charge < -0.3 is 10.2 Å². The number of benzene rings is 1. The van der Waals surface area contributed by atoms with E-state index in [9.17, 15) is 0 Å². The molecule has 0 aliphatic carbocycles. The molecule has 2 aliphatic heterocycles. The maximum absolute atomic E-state index is 3.52. The fourth-order valence-electron chi connectivity index (χ4n) is 3.45. The molecule has 1 N–H and O–H groups in total. The molecule has 0 bridgehead atoms. The first kappa shape index (κ1) is 13.9. The summed E-state index contributed by atoms with van der Waals surface area (Å²) >= 11 is 0. The van der Waals surface area contributed by atoms with Gasteiger partial charge in [0.1, 0.15) is 0 Å². The van der Waals surface area contributed by atoms with Gasteiger partial charge in [-0.3, -0.25) is 4.90 Å². The highest BCUT2D eigenvalue weighted by Crippen LogP contribution is 2.21. The van der Waals surface area contributed by atoms with E-state index in [1.165, 1.54) is 44.0 Å². The second-order valence-electron chi connectivity index (χ2n) is 6.52. The van der Waals surface area contributed by atoms with Crippen LogP contribution in [0.1, 0.15) is 12.5 Å². The van der Waals surface area contributed by atoms with Gasteiger partial charge in [0.25, 0.3) is 0 Å². The average Bonchev–Trinajstić information content (AvgIpc) is 2.85. The molecular weight excluding hydrogens is 246 g/mol. The molecule has 3 heteroatoms. The number of aryl methyl sites for hydroxylation is 1. The van der Waals surface area contributed by atoms with Gasteiger partial charge in [-0.15, -0.1) is 0 Å². The zero-order valence-electron chi connectivity index (χ0n) is 12.8. The van der Waals surface area contributed by atoms with E-state index in [0.29, 0.717) is 0 Å². The third-order valence-electron chi connectivity index (χ3n) is 4.91. The minimum atomic E-state index is 0.838. The molecule has 0 amide bonds. The van der Waals surface area contributed by atoms with Crippen LogP contribution in [-0.4, -0.2) is 50.7 Å². The third kappa shape index (κ3) is 3.15. The van der Waals surface area contributed by atoms with Crippen molar-refractivity contribution in [2.75, 3.05) is 50.7 Å². The number of hydrogen-bond donors (Lipinski definition) is 1. The lowest BCUT2D eigenvalue weighted by molar-refractivity contribution is 0.208. The lowest BCUT2D eigenvalue weighted by Crippen LogP contribution is -2.48. The van der Waals surface area contributed by atoms with Crippen LogP contribution < -0.4 is 10.2 Å². The Morgan fingerprint density at radius 1 is 1.15 bits per heavy atom. The number of rotatable bonds is 3. The lowest BCUT2D eigenvalue weighted by Gasteiger charge is -2.37. The summed E-state index contributed by atoms with van der Waals surface area (Å²) in [7, 11) is 0. The summed E-state index contributed by atoms with van der Waals surface area (Å²) in [4.78, 5) is 5.18. The minimum Gasteiger partial charge on any atom is -0.369 e. The van der Waals surface area contributed by atoms with E-state index in [2.05, 4.69) is 53.2 Å². The Bertz CT molecular complexity index is 438. The van der Waals surface area contributed by atoms with Crippen LogP contribution in [-0.2, 0) is 0 Å². The highest BCUT2D eigenvalue weighted by Gasteiger charge is 2.26. The smallest absolute Gasteiger partial charge is 0.0369 e. The van der Waals surface area contributed by atoms with E-state index in [4.69, 9.17) is 0 Å². The second-order valence-corrected chi connectivity index (χ2v) is 6.52. The highest BCUT2D eigenvalue weighted by atomic mass is 15.3. The molecule has 20 heavy (non-hydrogen) atoms. The quantitative estimate of drug-likeness (QED) is 0.908. The van der Waals surface area contributed by atoms with Gasteiger partial charge in [-0.05, 0) is 49.5 Å². The summed E-state index contributed by atoms with van der Waals surface area (Å²) in [5, 5.41) is 3.52. The van der Waals surface area contributed by atoms with E-state index < -0.39 is 0 Å². The van der Waals surface area contributed by atoms with Crippen LogP contribution in [0.25, 0.3) is 0 Å². The molecule has 0 aromatic heterocycles. The van der Waals surface area contributed by atoms with Crippen molar-refractivity contribution in [1.82, 2.24) is 10.2 Å². The van der Waals surface area contributed by atoms with Crippen LogP contribution in [0.2, 0.25) is 0 Å². The normalized spacial score (nSPS) is 28.0. The molecule has 2 atom stereocenters. The van der Waals surface area contributed by atoms with Crippen molar-refractivity contribution in [3.8, 4) is 0 Å². The van der Waals surface area contributed by atoms with Crippen molar-refractivity contribution in [3.05, 3.63) is 29.8 Å². The molecule has 3 rings (SSSR count). The number of nitrogens with zero attached hydrogens (tertiary/aromatic N) is 2. The van der Waals surface area contributed by atoms with Crippen LogP contribution in [0.4, 0.5) is 5.69 Å². The van der Waals surface area contributed by atoms with Crippen molar-refractivity contribution >= 4 is 5.69 Å². The first-order chi connectivity index (χ1) is 9.72. The molecule has 0 unspecified atom stereocenters. The van der Waals surface area contributed by atoms with Gasteiger partial charge in [0.15, 0.2) is 0 Å².